The summed E-state index contributed by atoms with van der Waals surface area (Å²) in [6.07, 6.45) is 52.7. The van der Waals surface area contributed by atoms with Crippen molar-refractivity contribution in [1.82, 2.24) is 0 Å². The fraction of sp³-hybridized carbons (Fsp3) is 0.947. The van der Waals surface area contributed by atoms with Gasteiger partial charge in [-0.05, 0) is 43.4 Å². The van der Waals surface area contributed by atoms with Crippen LogP contribution < -0.4 is 0 Å². The second-order valence-electron chi connectivity index (χ2n) is 28.8. The van der Waals surface area contributed by atoms with Crippen molar-refractivity contribution in [3.8, 4) is 0 Å². The molecule has 3 N–H and O–H groups in total. The molecule has 0 aromatic carbocycles. The van der Waals surface area contributed by atoms with Crippen LogP contribution in [-0.4, -0.2) is 96.7 Å². The lowest BCUT2D eigenvalue weighted by molar-refractivity contribution is -0.161. The molecular formula is C76H148O17P2. The van der Waals surface area contributed by atoms with Crippen molar-refractivity contribution in [2.75, 3.05) is 39.6 Å². The Labute approximate surface area is 581 Å². The Morgan fingerprint density at radius 2 is 0.484 bits per heavy atom. The van der Waals surface area contributed by atoms with E-state index in [1.54, 1.807) is 0 Å². The zero-order valence-electron chi connectivity index (χ0n) is 62.1. The van der Waals surface area contributed by atoms with E-state index in [0.29, 0.717) is 31.6 Å². The number of carbonyl (C=O) groups is 4. The molecule has 95 heavy (non-hydrogen) atoms. The smallest absolute Gasteiger partial charge is 0.462 e. The molecule has 0 aromatic rings. The third-order valence-corrected chi connectivity index (χ3v) is 19.5. The van der Waals surface area contributed by atoms with Crippen molar-refractivity contribution < 1.29 is 80.2 Å². The molecule has 17 nitrogen and oxygen atoms in total. The van der Waals surface area contributed by atoms with E-state index < -0.39 is 97.5 Å². The maximum atomic E-state index is 13.1. The predicted octanol–water partition coefficient (Wildman–Crippen LogP) is 22.2. The van der Waals surface area contributed by atoms with Gasteiger partial charge in [0.2, 0.25) is 0 Å². The zero-order chi connectivity index (χ0) is 70.1. The predicted molar refractivity (Wildman–Crippen MR) is 386 cm³/mol. The van der Waals surface area contributed by atoms with Crippen LogP contribution in [0.1, 0.15) is 389 Å². The molecule has 5 atom stereocenters. The second kappa shape index (κ2) is 66.6. The quantitative estimate of drug-likeness (QED) is 0.0222. The van der Waals surface area contributed by atoms with Crippen LogP contribution in [0.15, 0.2) is 0 Å². The van der Waals surface area contributed by atoms with Gasteiger partial charge in [-0.1, -0.05) is 337 Å². The maximum absolute atomic E-state index is 13.1. The van der Waals surface area contributed by atoms with Gasteiger partial charge in [0, 0.05) is 25.7 Å². The Morgan fingerprint density at radius 1 is 0.284 bits per heavy atom. The van der Waals surface area contributed by atoms with Gasteiger partial charge in [0.05, 0.1) is 26.4 Å². The molecule has 0 radical (unpaired) electrons. The largest absolute Gasteiger partial charge is 0.472 e. The molecule has 0 bridgehead atoms. The second-order valence-corrected chi connectivity index (χ2v) is 31.7. The Morgan fingerprint density at radius 3 is 0.716 bits per heavy atom. The van der Waals surface area contributed by atoms with Gasteiger partial charge < -0.3 is 33.8 Å². The first-order chi connectivity index (χ1) is 45.7. The van der Waals surface area contributed by atoms with Crippen LogP contribution in [-0.2, 0) is 65.4 Å². The number of ether oxygens (including phenoxy) is 4. The molecule has 2 unspecified atom stereocenters. The molecule has 0 fully saturated rings. The first-order valence-corrected chi connectivity index (χ1v) is 42.3. The van der Waals surface area contributed by atoms with Crippen molar-refractivity contribution in [3.05, 3.63) is 0 Å². The minimum atomic E-state index is -4.96. The number of aliphatic hydroxyl groups excluding tert-OH is 1. The summed E-state index contributed by atoms with van der Waals surface area (Å²) in [6.45, 7) is 11.9. The van der Waals surface area contributed by atoms with Gasteiger partial charge >= 0.3 is 39.5 Å². The summed E-state index contributed by atoms with van der Waals surface area (Å²) in [5.74, 6) is 0.168. The van der Waals surface area contributed by atoms with Crippen LogP contribution in [0.3, 0.4) is 0 Å². The first kappa shape index (κ1) is 93.1. The highest BCUT2D eigenvalue weighted by Crippen LogP contribution is 2.45. The maximum Gasteiger partial charge on any atom is 0.472 e. The van der Waals surface area contributed by atoms with Gasteiger partial charge in [-0.15, -0.1) is 0 Å². The van der Waals surface area contributed by atoms with Crippen molar-refractivity contribution in [1.29, 1.82) is 0 Å². The fourth-order valence-corrected chi connectivity index (χ4v) is 13.2. The van der Waals surface area contributed by atoms with Gasteiger partial charge in [0.25, 0.3) is 0 Å². The zero-order valence-corrected chi connectivity index (χ0v) is 63.9. The highest BCUT2D eigenvalue weighted by Gasteiger charge is 2.30. The molecule has 0 spiro atoms. The lowest BCUT2D eigenvalue weighted by Crippen LogP contribution is -2.30. The topological polar surface area (TPSA) is 237 Å². The molecule has 0 aromatic heterocycles. The first-order valence-electron chi connectivity index (χ1n) is 39.3. The van der Waals surface area contributed by atoms with E-state index >= 15 is 0 Å². The Hall–Kier alpha value is -1.94. The number of unbranched alkanes of at least 4 members (excludes halogenated alkanes) is 42. The number of rotatable bonds is 74. The average Bonchev–Trinajstić information content (AvgIpc) is 1.56. The van der Waals surface area contributed by atoms with E-state index in [2.05, 4.69) is 48.5 Å². The SMILES string of the molecule is CCCCCCCCCCCCCCC(=O)O[C@H](COC(=O)CCCCCCCCCC(C)C)COP(=O)(O)OC[C@H](O)COP(=O)(O)OC[C@@H](COC(=O)CCCCCCCCCCCCCC(C)C)OC(=O)CCCCCCCCCCCCCCCCCCC(C)C. The van der Waals surface area contributed by atoms with Crippen LogP contribution in [0.2, 0.25) is 0 Å². The van der Waals surface area contributed by atoms with E-state index in [1.165, 1.54) is 193 Å². The van der Waals surface area contributed by atoms with Gasteiger partial charge in [-0.3, -0.25) is 37.3 Å². The summed E-state index contributed by atoms with van der Waals surface area (Å²) >= 11 is 0. The average molecular weight is 1400 g/mol. The Balaban J connectivity index is 5.23. The molecule has 564 valence electrons. The monoisotopic (exact) mass is 1400 g/mol. The van der Waals surface area contributed by atoms with E-state index in [4.69, 9.17) is 37.0 Å². The summed E-state index contributed by atoms with van der Waals surface area (Å²) in [7, 11) is -9.91. The molecule has 0 aliphatic heterocycles. The minimum Gasteiger partial charge on any atom is -0.462 e. The van der Waals surface area contributed by atoms with E-state index in [1.807, 2.05) is 0 Å². The summed E-state index contributed by atoms with van der Waals surface area (Å²) in [6, 6.07) is 0. The normalized spacial score (nSPS) is 14.1. The molecule has 0 rings (SSSR count). The fourth-order valence-electron chi connectivity index (χ4n) is 11.6. The molecule has 0 heterocycles. The van der Waals surface area contributed by atoms with Crippen molar-refractivity contribution >= 4 is 39.5 Å². The summed E-state index contributed by atoms with van der Waals surface area (Å²) in [5, 5.41) is 10.6. The van der Waals surface area contributed by atoms with Crippen LogP contribution in [0.25, 0.3) is 0 Å². The van der Waals surface area contributed by atoms with Crippen molar-refractivity contribution in [3.63, 3.8) is 0 Å². The number of hydrogen-bond acceptors (Lipinski definition) is 15. The van der Waals surface area contributed by atoms with E-state index in [9.17, 15) is 43.2 Å². The van der Waals surface area contributed by atoms with E-state index in [0.717, 1.165) is 108 Å². The molecule has 0 aliphatic carbocycles. The minimum absolute atomic E-state index is 0.106. The molecular weight excluding hydrogens is 1250 g/mol. The lowest BCUT2D eigenvalue weighted by atomic mass is 10.0. The number of phosphoric ester groups is 2. The lowest BCUT2D eigenvalue weighted by Gasteiger charge is -2.21. The van der Waals surface area contributed by atoms with Gasteiger partial charge in [-0.25, -0.2) is 9.13 Å². The van der Waals surface area contributed by atoms with Crippen LogP contribution in [0.4, 0.5) is 0 Å². The summed E-state index contributed by atoms with van der Waals surface area (Å²) in [4.78, 5) is 72.8. The van der Waals surface area contributed by atoms with Crippen LogP contribution in [0, 0.1) is 17.8 Å². The highest BCUT2D eigenvalue weighted by atomic mass is 31.2. The van der Waals surface area contributed by atoms with Gasteiger partial charge in [-0.2, -0.15) is 0 Å². The number of aliphatic hydroxyl groups is 1. The summed E-state index contributed by atoms with van der Waals surface area (Å²) in [5.41, 5.74) is 0. The number of hydrogen-bond donors (Lipinski definition) is 3. The molecule has 0 saturated carbocycles. The number of phosphoric acid groups is 2. The molecule has 0 aliphatic rings. The molecule has 19 heteroatoms. The molecule has 0 amide bonds. The summed E-state index contributed by atoms with van der Waals surface area (Å²) < 4.78 is 68.5. The number of esters is 4. The third-order valence-electron chi connectivity index (χ3n) is 17.6. The van der Waals surface area contributed by atoms with Crippen molar-refractivity contribution in [2.24, 2.45) is 17.8 Å². The molecule has 0 saturated heterocycles. The Bertz CT molecular complexity index is 1850. The standard InChI is InChI=1S/C76H148O17P2/c1-8-9-10-11-12-13-14-24-30-37-45-52-59-75(80)93-72(64-87-74(79)58-51-44-39-32-35-42-49-56-69(6)7)66-91-95(84,85)89-62-70(77)61-88-94(82,83)90-65-71(63-86-73(78)57-50-43-36-29-26-21-23-28-34-41-48-55-68(4)5)92-76(81)60-53-46-38-31-25-20-18-16-15-17-19-22-27-33-40-47-54-67(2)3/h67-72,77H,8-66H2,1-7H3,(H,82,83)(H,84,85)/t70-,71-,72-/m1/s1. The Kier molecular flexibility index (Phi) is 65.2. The van der Waals surface area contributed by atoms with Gasteiger partial charge in [0.15, 0.2) is 12.2 Å². The third kappa shape index (κ3) is 70.3. The van der Waals surface area contributed by atoms with Crippen LogP contribution >= 0.6 is 15.6 Å². The van der Waals surface area contributed by atoms with E-state index in [-0.39, 0.29) is 25.7 Å². The van der Waals surface area contributed by atoms with Crippen LogP contribution in [0.5, 0.6) is 0 Å². The van der Waals surface area contributed by atoms with Crippen molar-refractivity contribution in [2.45, 2.75) is 407 Å². The van der Waals surface area contributed by atoms with Gasteiger partial charge in [0.1, 0.15) is 19.3 Å². The number of carbonyl (C=O) groups excluding carboxylic acids is 4. The highest BCUT2D eigenvalue weighted by molar-refractivity contribution is 7.47.